The van der Waals surface area contributed by atoms with Gasteiger partial charge in [-0.3, -0.25) is 0 Å². The molecule has 1 fully saturated rings. The number of methoxy groups -OCH3 is 1. The Morgan fingerprint density at radius 3 is 2.80 bits per heavy atom. The van der Waals surface area contributed by atoms with Crippen LogP contribution in [0.4, 0.5) is 0 Å². The van der Waals surface area contributed by atoms with Crippen LogP contribution < -0.4 is 10.1 Å². The van der Waals surface area contributed by atoms with Crippen molar-refractivity contribution in [3.05, 3.63) is 42.0 Å². The van der Waals surface area contributed by atoms with Crippen LogP contribution in [0.3, 0.4) is 0 Å². The number of fused-ring (bicyclic) bond motifs is 1. The van der Waals surface area contributed by atoms with Crippen LogP contribution in [0.15, 0.2) is 36.4 Å². The summed E-state index contributed by atoms with van der Waals surface area (Å²) in [6, 6.07) is 12.7. The summed E-state index contributed by atoms with van der Waals surface area (Å²) in [5.74, 6) is 2.29. The van der Waals surface area contributed by atoms with Gasteiger partial charge in [0.05, 0.1) is 7.11 Å². The molecule has 0 aromatic heterocycles. The summed E-state index contributed by atoms with van der Waals surface area (Å²) >= 11 is 2.10. The van der Waals surface area contributed by atoms with Gasteiger partial charge in [-0.15, -0.1) is 0 Å². The Hall–Kier alpha value is -1.19. The standard InChI is InChI=1S/C17H21NOS/c1-19-17-9-8-13(15-6-2-3-7-16(15)17)11-18-12-14-5-4-10-20-14/h2-3,6-9,14,18H,4-5,10-12H2,1H3. The Balaban J connectivity index is 1.74. The summed E-state index contributed by atoms with van der Waals surface area (Å²) in [5, 5.41) is 6.91. The first kappa shape index (κ1) is 13.8. The van der Waals surface area contributed by atoms with E-state index in [2.05, 4.69) is 53.5 Å². The van der Waals surface area contributed by atoms with Gasteiger partial charge >= 0.3 is 0 Å². The molecule has 1 N–H and O–H groups in total. The lowest BCUT2D eigenvalue weighted by atomic mass is 10.0. The van der Waals surface area contributed by atoms with Gasteiger partial charge in [0.25, 0.3) is 0 Å². The van der Waals surface area contributed by atoms with E-state index >= 15 is 0 Å². The first-order valence-electron chi connectivity index (χ1n) is 7.25. The molecule has 0 saturated carbocycles. The maximum Gasteiger partial charge on any atom is 0.126 e. The number of nitrogens with one attached hydrogen (secondary N) is 1. The van der Waals surface area contributed by atoms with E-state index in [4.69, 9.17) is 4.74 Å². The number of rotatable bonds is 5. The fraction of sp³-hybridized carbons (Fsp3) is 0.412. The summed E-state index contributed by atoms with van der Waals surface area (Å²) < 4.78 is 5.44. The Morgan fingerprint density at radius 2 is 2.05 bits per heavy atom. The monoisotopic (exact) mass is 287 g/mol. The van der Waals surface area contributed by atoms with E-state index in [1.54, 1.807) is 7.11 Å². The van der Waals surface area contributed by atoms with Gasteiger partial charge in [0.2, 0.25) is 0 Å². The Labute approximate surface area is 124 Å². The third kappa shape index (κ3) is 2.94. The van der Waals surface area contributed by atoms with E-state index in [1.807, 2.05) is 0 Å². The molecular formula is C17H21NOS. The van der Waals surface area contributed by atoms with Gasteiger partial charge in [0.1, 0.15) is 5.75 Å². The van der Waals surface area contributed by atoms with E-state index in [-0.39, 0.29) is 0 Å². The maximum atomic E-state index is 5.44. The molecule has 1 saturated heterocycles. The topological polar surface area (TPSA) is 21.3 Å². The smallest absolute Gasteiger partial charge is 0.126 e. The second-order valence-corrected chi connectivity index (χ2v) is 6.65. The Morgan fingerprint density at radius 1 is 1.20 bits per heavy atom. The number of hydrogen-bond donors (Lipinski definition) is 1. The van der Waals surface area contributed by atoms with Crippen molar-refractivity contribution in [3.8, 4) is 5.75 Å². The van der Waals surface area contributed by atoms with Gasteiger partial charge in [0, 0.05) is 23.7 Å². The highest BCUT2D eigenvalue weighted by molar-refractivity contribution is 8.00. The Kier molecular flexibility index (Phi) is 4.48. The average Bonchev–Trinajstić information content (AvgIpc) is 3.01. The minimum Gasteiger partial charge on any atom is -0.496 e. The lowest BCUT2D eigenvalue weighted by Crippen LogP contribution is -2.22. The lowest BCUT2D eigenvalue weighted by molar-refractivity contribution is 0.419. The van der Waals surface area contributed by atoms with Gasteiger partial charge < -0.3 is 10.1 Å². The molecule has 0 amide bonds. The summed E-state index contributed by atoms with van der Waals surface area (Å²) in [6.45, 7) is 2.05. The van der Waals surface area contributed by atoms with Gasteiger partial charge in [-0.05, 0) is 35.6 Å². The zero-order valence-corrected chi connectivity index (χ0v) is 12.7. The molecular weight excluding hydrogens is 266 g/mol. The van der Waals surface area contributed by atoms with E-state index in [9.17, 15) is 0 Å². The molecule has 2 nitrogen and oxygen atoms in total. The summed E-state index contributed by atoms with van der Waals surface area (Å²) in [7, 11) is 1.73. The third-order valence-electron chi connectivity index (χ3n) is 3.91. The fourth-order valence-corrected chi connectivity index (χ4v) is 4.07. The van der Waals surface area contributed by atoms with E-state index in [0.717, 1.165) is 24.1 Å². The van der Waals surface area contributed by atoms with Crippen LogP contribution in [-0.2, 0) is 6.54 Å². The van der Waals surface area contributed by atoms with Crippen molar-refractivity contribution in [1.29, 1.82) is 0 Å². The quantitative estimate of drug-likeness (QED) is 0.903. The normalized spacial score (nSPS) is 18.6. The summed E-state index contributed by atoms with van der Waals surface area (Å²) in [4.78, 5) is 0. The molecule has 3 heteroatoms. The molecule has 3 rings (SSSR count). The van der Waals surface area contributed by atoms with Gasteiger partial charge in [0.15, 0.2) is 0 Å². The SMILES string of the molecule is COc1ccc(CNCC2CCCS2)c2ccccc12. The van der Waals surface area contributed by atoms with Crippen molar-refractivity contribution in [1.82, 2.24) is 5.32 Å². The fourth-order valence-electron chi connectivity index (χ4n) is 2.84. The molecule has 1 aliphatic heterocycles. The highest BCUT2D eigenvalue weighted by atomic mass is 32.2. The van der Waals surface area contributed by atoms with Gasteiger partial charge in [-0.25, -0.2) is 0 Å². The largest absolute Gasteiger partial charge is 0.496 e. The molecule has 2 aromatic rings. The molecule has 0 aliphatic carbocycles. The Bertz CT molecular complexity index is 578. The summed E-state index contributed by atoms with van der Waals surface area (Å²) in [5.41, 5.74) is 1.35. The van der Waals surface area contributed by atoms with E-state index < -0.39 is 0 Å². The lowest BCUT2D eigenvalue weighted by Gasteiger charge is -2.13. The van der Waals surface area contributed by atoms with Crippen molar-refractivity contribution >= 4 is 22.5 Å². The first-order valence-corrected chi connectivity index (χ1v) is 8.30. The number of thioether (sulfide) groups is 1. The minimum atomic E-state index is 0.805. The van der Waals surface area contributed by atoms with E-state index in [1.165, 1.54) is 34.9 Å². The second-order valence-electron chi connectivity index (χ2n) is 5.24. The van der Waals surface area contributed by atoms with Crippen molar-refractivity contribution in [2.75, 3.05) is 19.4 Å². The minimum absolute atomic E-state index is 0.805. The average molecular weight is 287 g/mol. The van der Waals surface area contributed by atoms with E-state index in [0.29, 0.717) is 0 Å². The predicted octanol–water partition coefficient (Wildman–Crippen LogP) is 3.83. The molecule has 20 heavy (non-hydrogen) atoms. The van der Waals surface area contributed by atoms with Gasteiger partial charge in [-0.1, -0.05) is 30.3 Å². The van der Waals surface area contributed by atoms with Crippen LogP contribution in [0.25, 0.3) is 10.8 Å². The number of benzene rings is 2. The molecule has 2 aromatic carbocycles. The number of hydrogen-bond acceptors (Lipinski definition) is 3. The van der Waals surface area contributed by atoms with Crippen LogP contribution in [0.2, 0.25) is 0 Å². The highest BCUT2D eigenvalue weighted by Gasteiger charge is 2.14. The maximum absolute atomic E-state index is 5.44. The molecule has 0 bridgehead atoms. The third-order valence-corrected chi connectivity index (χ3v) is 5.30. The second kappa shape index (κ2) is 6.51. The van der Waals surface area contributed by atoms with Crippen molar-refractivity contribution < 1.29 is 4.74 Å². The van der Waals surface area contributed by atoms with Crippen LogP contribution in [0.1, 0.15) is 18.4 Å². The highest BCUT2D eigenvalue weighted by Crippen LogP contribution is 2.29. The molecule has 106 valence electrons. The molecule has 1 atom stereocenters. The van der Waals surface area contributed by atoms with Crippen molar-refractivity contribution in [3.63, 3.8) is 0 Å². The van der Waals surface area contributed by atoms with Crippen LogP contribution in [0, 0.1) is 0 Å². The van der Waals surface area contributed by atoms with Crippen LogP contribution in [-0.4, -0.2) is 24.7 Å². The zero-order chi connectivity index (χ0) is 13.8. The van der Waals surface area contributed by atoms with Crippen LogP contribution in [0.5, 0.6) is 5.75 Å². The predicted molar refractivity (Wildman–Crippen MR) is 87.7 cm³/mol. The first-order chi connectivity index (χ1) is 9.88. The molecule has 1 heterocycles. The summed E-state index contributed by atoms with van der Waals surface area (Å²) in [6.07, 6.45) is 2.74. The molecule has 0 spiro atoms. The van der Waals surface area contributed by atoms with Crippen LogP contribution >= 0.6 is 11.8 Å². The molecule has 1 aliphatic rings. The number of ether oxygens (including phenoxy) is 1. The van der Waals surface area contributed by atoms with Crippen molar-refractivity contribution in [2.45, 2.75) is 24.6 Å². The zero-order valence-electron chi connectivity index (χ0n) is 11.9. The molecule has 0 radical (unpaired) electrons. The molecule has 1 unspecified atom stereocenters. The van der Waals surface area contributed by atoms with Crippen molar-refractivity contribution in [2.24, 2.45) is 0 Å². The van der Waals surface area contributed by atoms with Gasteiger partial charge in [-0.2, -0.15) is 11.8 Å².